The number of imidazole rings is 1. The van der Waals surface area contributed by atoms with Crippen molar-refractivity contribution >= 4 is 0 Å². The second-order valence-corrected chi connectivity index (χ2v) is 5.49. The number of aromatic nitrogens is 2. The van der Waals surface area contributed by atoms with E-state index in [0.29, 0.717) is 5.69 Å². The normalized spacial score (nSPS) is 11.3. The third-order valence-electron chi connectivity index (χ3n) is 3.07. The van der Waals surface area contributed by atoms with Crippen molar-refractivity contribution in [3.05, 3.63) is 41.9 Å². The summed E-state index contributed by atoms with van der Waals surface area (Å²) in [6.45, 7) is 6.56. The number of nitriles is 1. The van der Waals surface area contributed by atoms with Gasteiger partial charge in [0.2, 0.25) is 0 Å². The Morgan fingerprint density at radius 3 is 2.28 bits per heavy atom. The van der Waals surface area contributed by atoms with E-state index in [2.05, 4.69) is 56.1 Å². The van der Waals surface area contributed by atoms with Crippen molar-refractivity contribution in [2.75, 3.05) is 0 Å². The van der Waals surface area contributed by atoms with Crippen molar-refractivity contribution in [1.82, 2.24) is 9.55 Å². The number of hydrogen-bond acceptors (Lipinski definition) is 2. The standard InChI is InChI=1S/C15H17N3/c1-15(2,3)12-7-5-11(6-8-12)14-13(9-16)17-10-18(14)4/h5-8,10H,1-4H3. The van der Waals surface area contributed by atoms with Crippen molar-refractivity contribution in [3.8, 4) is 17.3 Å². The first-order chi connectivity index (χ1) is 8.43. The molecule has 0 unspecified atom stereocenters. The van der Waals surface area contributed by atoms with E-state index in [9.17, 15) is 0 Å². The summed E-state index contributed by atoms with van der Waals surface area (Å²) in [5, 5.41) is 9.05. The van der Waals surface area contributed by atoms with Crippen LogP contribution in [-0.4, -0.2) is 9.55 Å². The molecule has 0 fully saturated rings. The Bertz CT molecular complexity index is 592. The van der Waals surface area contributed by atoms with Gasteiger partial charge in [0.25, 0.3) is 0 Å². The van der Waals surface area contributed by atoms with Gasteiger partial charge in [-0.3, -0.25) is 0 Å². The van der Waals surface area contributed by atoms with Crippen molar-refractivity contribution in [2.24, 2.45) is 7.05 Å². The van der Waals surface area contributed by atoms with E-state index in [1.807, 2.05) is 11.6 Å². The Labute approximate surface area is 108 Å². The van der Waals surface area contributed by atoms with Gasteiger partial charge in [0.15, 0.2) is 5.69 Å². The zero-order valence-corrected chi connectivity index (χ0v) is 11.2. The first-order valence-corrected chi connectivity index (χ1v) is 5.96. The molecular weight excluding hydrogens is 222 g/mol. The third kappa shape index (κ3) is 2.14. The second-order valence-electron chi connectivity index (χ2n) is 5.49. The minimum Gasteiger partial charge on any atom is -0.333 e. The van der Waals surface area contributed by atoms with Crippen LogP contribution in [0.4, 0.5) is 0 Å². The summed E-state index contributed by atoms with van der Waals surface area (Å²) in [5.41, 5.74) is 3.80. The van der Waals surface area contributed by atoms with Gasteiger partial charge in [-0.1, -0.05) is 45.0 Å². The Balaban J connectivity index is 2.48. The van der Waals surface area contributed by atoms with E-state index in [0.717, 1.165) is 11.3 Å². The molecule has 1 aromatic carbocycles. The van der Waals surface area contributed by atoms with Crippen LogP contribution in [-0.2, 0) is 12.5 Å². The van der Waals surface area contributed by atoms with Gasteiger partial charge in [0, 0.05) is 12.6 Å². The predicted octanol–water partition coefficient (Wildman–Crippen LogP) is 3.26. The molecule has 1 aromatic heterocycles. The van der Waals surface area contributed by atoms with Crippen LogP contribution in [0.2, 0.25) is 0 Å². The van der Waals surface area contributed by atoms with Crippen LogP contribution in [0.1, 0.15) is 32.0 Å². The zero-order chi connectivity index (χ0) is 13.3. The highest BCUT2D eigenvalue weighted by atomic mass is 15.0. The minimum atomic E-state index is 0.142. The number of benzene rings is 1. The SMILES string of the molecule is Cn1cnc(C#N)c1-c1ccc(C(C)(C)C)cc1. The van der Waals surface area contributed by atoms with E-state index in [1.54, 1.807) is 6.33 Å². The van der Waals surface area contributed by atoms with E-state index < -0.39 is 0 Å². The summed E-state index contributed by atoms with van der Waals surface area (Å²) in [5.74, 6) is 0. The first kappa shape index (κ1) is 12.4. The lowest BCUT2D eigenvalue weighted by atomic mass is 9.86. The van der Waals surface area contributed by atoms with E-state index in [-0.39, 0.29) is 5.41 Å². The maximum Gasteiger partial charge on any atom is 0.166 e. The van der Waals surface area contributed by atoms with Crippen LogP contribution in [0.25, 0.3) is 11.3 Å². The molecule has 0 radical (unpaired) electrons. The lowest BCUT2D eigenvalue weighted by Gasteiger charge is -2.19. The van der Waals surface area contributed by atoms with Gasteiger partial charge in [0.05, 0.1) is 12.0 Å². The van der Waals surface area contributed by atoms with Gasteiger partial charge in [0.1, 0.15) is 6.07 Å². The van der Waals surface area contributed by atoms with Crippen LogP contribution in [0.5, 0.6) is 0 Å². The summed E-state index contributed by atoms with van der Waals surface area (Å²) in [6, 6.07) is 10.5. The quantitative estimate of drug-likeness (QED) is 0.766. The third-order valence-corrected chi connectivity index (χ3v) is 3.07. The van der Waals surface area contributed by atoms with E-state index in [1.165, 1.54) is 5.56 Å². The number of hydrogen-bond donors (Lipinski definition) is 0. The lowest BCUT2D eigenvalue weighted by molar-refractivity contribution is 0.590. The fourth-order valence-electron chi connectivity index (χ4n) is 1.98. The summed E-state index contributed by atoms with van der Waals surface area (Å²) in [6.07, 6.45) is 1.67. The summed E-state index contributed by atoms with van der Waals surface area (Å²) < 4.78 is 1.88. The molecule has 1 heterocycles. The molecule has 0 aliphatic heterocycles. The Morgan fingerprint density at radius 1 is 1.17 bits per heavy atom. The van der Waals surface area contributed by atoms with Gasteiger partial charge in [-0.15, -0.1) is 0 Å². The van der Waals surface area contributed by atoms with Gasteiger partial charge in [-0.2, -0.15) is 5.26 Å². The fraction of sp³-hybridized carbons (Fsp3) is 0.333. The van der Waals surface area contributed by atoms with Gasteiger partial charge < -0.3 is 4.57 Å². The highest BCUT2D eigenvalue weighted by molar-refractivity contribution is 5.65. The molecule has 3 nitrogen and oxygen atoms in total. The molecule has 18 heavy (non-hydrogen) atoms. The molecule has 0 amide bonds. The molecule has 2 aromatic rings. The zero-order valence-electron chi connectivity index (χ0n) is 11.2. The molecule has 0 N–H and O–H groups in total. The predicted molar refractivity (Wildman–Crippen MR) is 72.1 cm³/mol. The van der Waals surface area contributed by atoms with Gasteiger partial charge >= 0.3 is 0 Å². The molecule has 0 aliphatic rings. The van der Waals surface area contributed by atoms with Crippen molar-refractivity contribution in [2.45, 2.75) is 26.2 Å². The number of aryl methyl sites for hydroxylation is 1. The Hall–Kier alpha value is -2.08. The monoisotopic (exact) mass is 239 g/mol. The lowest BCUT2D eigenvalue weighted by Crippen LogP contribution is -2.10. The van der Waals surface area contributed by atoms with Crippen LogP contribution >= 0.6 is 0 Å². The largest absolute Gasteiger partial charge is 0.333 e. The molecule has 0 aliphatic carbocycles. The first-order valence-electron chi connectivity index (χ1n) is 5.96. The molecule has 0 atom stereocenters. The Morgan fingerprint density at radius 2 is 1.78 bits per heavy atom. The second kappa shape index (κ2) is 4.30. The molecule has 0 saturated carbocycles. The van der Waals surface area contributed by atoms with Crippen LogP contribution < -0.4 is 0 Å². The molecule has 3 heteroatoms. The smallest absolute Gasteiger partial charge is 0.166 e. The molecule has 92 valence electrons. The fourth-order valence-corrected chi connectivity index (χ4v) is 1.98. The summed E-state index contributed by atoms with van der Waals surface area (Å²) >= 11 is 0. The average Bonchev–Trinajstić information content (AvgIpc) is 2.69. The number of nitrogens with zero attached hydrogens (tertiary/aromatic N) is 3. The van der Waals surface area contributed by atoms with Crippen molar-refractivity contribution < 1.29 is 0 Å². The van der Waals surface area contributed by atoms with E-state index in [4.69, 9.17) is 5.26 Å². The van der Waals surface area contributed by atoms with Gasteiger partial charge in [-0.25, -0.2) is 4.98 Å². The molecule has 2 rings (SSSR count). The van der Waals surface area contributed by atoms with Crippen molar-refractivity contribution in [3.63, 3.8) is 0 Å². The molecule has 0 bridgehead atoms. The molecular formula is C15H17N3. The van der Waals surface area contributed by atoms with Crippen LogP contribution in [0.3, 0.4) is 0 Å². The molecule has 0 spiro atoms. The average molecular weight is 239 g/mol. The van der Waals surface area contributed by atoms with Crippen molar-refractivity contribution in [1.29, 1.82) is 5.26 Å². The number of rotatable bonds is 1. The summed E-state index contributed by atoms with van der Waals surface area (Å²) in [7, 11) is 1.90. The van der Waals surface area contributed by atoms with Gasteiger partial charge in [-0.05, 0) is 11.0 Å². The molecule has 0 saturated heterocycles. The Kier molecular flexibility index (Phi) is 2.96. The van der Waals surface area contributed by atoms with Crippen LogP contribution in [0, 0.1) is 11.3 Å². The highest BCUT2D eigenvalue weighted by Crippen LogP contribution is 2.27. The maximum atomic E-state index is 9.05. The minimum absolute atomic E-state index is 0.142. The van der Waals surface area contributed by atoms with E-state index >= 15 is 0 Å². The highest BCUT2D eigenvalue weighted by Gasteiger charge is 2.15. The summed E-state index contributed by atoms with van der Waals surface area (Å²) in [4.78, 5) is 4.08. The topological polar surface area (TPSA) is 41.6 Å². The van der Waals surface area contributed by atoms with Crippen LogP contribution in [0.15, 0.2) is 30.6 Å². The maximum absolute atomic E-state index is 9.05.